The van der Waals surface area contributed by atoms with E-state index in [0.717, 1.165) is 70.9 Å². The zero-order chi connectivity index (χ0) is 27.0. The van der Waals surface area contributed by atoms with E-state index in [2.05, 4.69) is 22.2 Å². The van der Waals surface area contributed by atoms with Crippen LogP contribution in [0.1, 0.15) is 28.0 Å². The van der Waals surface area contributed by atoms with Crippen molar-refractivity contribution in [1.29, 1.82) is 0 Å². The van der Waals surface area contributed by atoms with Crippen molar-refractivity contribution < 1.29 is 14.3 Å². The molecule has 8 nitrogen and oxygen atoms in total. The molecule has 1 aromatic carbocycles. The highest BCUT2D eigenvalue weighted by Crippen LogP contribution is 2.51. The number of likely N-dealkylation sites (N-methyl/N-ethyl adjacent to an activating group) is 1. The molecule has 3 aromatic heterocycles. The second-order valence-corrected chi connectivity index (χ2v) is 10.8. The van der Waals surface area contributed by atoms with Gasteiger partial charge in [-0.15, -0.1) is 0 Å². The normalized spacial score (nSPS) is 19.8. The van der Waals surface area contributed by atoms with Gasteiger partial charge >= 0.3 is 5.97 Å². The van der Waals surface area contributed by atoms with Gasteiger partial charge in [-0.2, -0.15) is 0 Å². The highest BCUT2D eigenvalue weighted by Gasteiger charge is 2.43. The topological polar surface area (TPSA) is 90.2 Å². The summed E-state index contributed by atoms with van der Waals surface area (Å²) in [4.78, 5) is 34.4. The van der Waals surface area contributed by atoms with E-state index in [1.165, 1.54) is 16.5 Å². The molecular weight excluding hydrogens is 497 g/mol. The van der Waals surface area contributed by atoms with E-state index in [-0.39, 0.29) is 11.4 Å². The summed E-state index contributed by atoms with van der Waals surface area (Å²) in [6.45, 7) is 2.87. The number of aromatic nitrogens is 2. The van der Waals surface area contributed by atoms with Gasteiger partial charge in [0, 0.05) is 79.4 Å². The summed E-state index contributed by atoms with van der Waals surface area (Å²) in [5.41, 5.74) is 6.85. The van der Waals surface area contributed by atoms with Crippen LogP contribution in [0.15, 0.2) is 53.6 Å². The molecule has 2 atom stereocenters. The average Bonchev–Trinajstić information content (AvgIpc) is 3.59. The number of rotatable bonds is 4. The number of likely N-dealkylation sites (tertiary alicyclic amines) is 1. The Hall–Kier alpha value is -4.24. The maximum Gasteiger partial charge on any atom is 0.341 e. The van der Waals surface area contributed by atoms with Crippen LogP contribution in [0.5, 0.6) is 0 Å². The fourth-order valence-corrected chi connectivity index (χ4v) is 6.87. The molecule has 2 aliphatic heterocycles. The first-order valence-electron chi connectivity index (χ1n) is 13.2. The van der Waals surface area contributed by atoms with Crippen LogP contribution in [-0.2, 0) is 6.42 Å². The first kappa shape index (κ1) is 23.8. The van der Waals surface area contributed by atoms with Gasteiger partial charge in [-0.3, -0.25) is 14.2 Å². The molecule has 39 heavy (non-hydrogen) atoms. The maximum atomic E-state index is 14.9. The lowest BCUT2D eigenvalue weighted by Gasteiger charge is -2.31. The van der Waals surface area contributed by atoms with Gasteiger partial charge in [-0.05, 0) is 60.8 Å². The number of fused-ring (bicyclic) bond motifs is 5. The quantitative estimate of drug-likeness (QED) is 0.367. The van der Waals surface area contributed by atoms with Crippen LogP contribution < -0.4 is 15.8 Å². The number of hydrogen-bond acceptors (Lipinski definition) is 6. The Kier molecular flexibility index (Phi) is 5.28. The number of benzene rings is 1. The molecular formula is C30H28FN5O3. The molecule has 0 spiro atoms. The van der Waals surface area contributed by atoms with E-state index in [9.17, 15) is 19.1 Å². The average molecular weight is 526 g/mol. The Morgan fingerprint density at radius 3 is 2.77 bits per heavy atom. The number of pyridine rings is 3. The molecule has 0 saturated carbocycles. The fraction of sp³-hybridized carbons (Fsp3) is 0.300. The summed E-state index contributed by atoms with van der Waals surface area (Å²) in [5.74, 6) is -1.02. The molecule has 1 aliphatic carbocycles. The third-order valence-corrected chi connectivity index (χ3v) is 8.64. The highest BCUT2D eigenvalue weighted by atomic mass is 19.1. The van der Waals surface area contributed by atoms with Crippen LogP contribution in [-0.4, -0.2) is 65.1 Å². The predicted molar refractivity (Wildman–Crippen MR) is 148 cm³/mol. The van der Waals surface area contributed by atoms with E-state index in [0.29, 0.717) is 23.9 Å². The molecule has 9 heteroatoms. The summed E-state index contributed by atoms with van der Waals surface area (Å²) >= 11 is 0. The molecule has 2 N–H and O–H groups in total. The molecule has 2 saturated heterocycles. The Morgan fingerprint density at radius 1 is 1.15 bits per heavy atom. The van der Waals surface area contributed by atoms with Gasteiger partial charge in [0.25, 0.3) is 5.56 Å². The monoisotopic (exact) mass is 525 g/mol. The van der Waals surface area contributed by atoms with Crippen LogP contribution >= 0.6 is 0 Å². The molecule has 0 radical (unpaired) electrons. The molecule has 4 aromatic rings. The van der Waals surface area contributed by atoms with E-state index >= 15 is 0 Å². The minimum atomic E-state index is -1.26. The molecule has 2 fully saturated rings. The first-order valence-corrected chi connectivity index (χ1v) is 13.2. The Labute approximate surface area is 224 Å². The number of aromatic carboxylic acids is 1. The molecule has 0 bridgehead atoms. The molecule has 0 unspecified atom stereocenters. The van der Waals surface area contributed by atoms with Crippen molar-refractivity contribution in [3.63, 3.8) is 0 Å². The van der Waals surface area contributed by atoms with E-state index in [4.69, 9.17) is 4.98 Å². The number of halogens is 1. The smallest absolute Gasteiger partial charge is 0.341 e. The van der Waals surface area contributed by atoms with Crippen molar-refractivity contribution in [1.82, 2.24) is 14.3 Å². The zero-order valence-electron chi connectivity index (χ0n) is 21.7. The van der Waals surface area contributed by atoms with Crippen LogP contribution in [0.2, 0.25) is 0 Å². The third kappa shape index (κ3) is 3.56. The maximum absolute atomic E-state index is 14.9. The lowest BCUT2D eigenvalue weighted by molar-refractivity contribution is 0.0694. The van der Waals surface area contributed by atoms with Gasteiger partial charge < -0.3 is 20.2 Å². The third-order valence-electron chi connectivity index (χ3n) is 8.64. The standard InChI is InChI=1S/C30H28FN5O3/c1-32-24-10-18(31)9-22-21(24)11-25-27(22)28(35-8-7-17-13-34(2)15-26(17)35)23(12-33-25)16-3-4-19-5-6-20(30(38)39)29(37)36(19)14-16/h3-6,9-10,12,14,17,26,32H,7-8,11,13,15H2,1-2H3,(H,38,39)/t17-,26+/m0/s1. The van der Waals surface area contributed by atoms with Crippen LogP contribution in [0.25, 0.3) is 27.8 Å². The zero-order valence-corrected chi connectivity index (χ0v) is 21.7. The van der Waals surface area contributed by atoms with Gasteiger partial charge in [0.15, 0.2) is 0 Å². The minimum absolute atomic E-state index is 0.280. The van der Waals surface area contributed by atoms with Crippen molar-refractivity contribution >= 4 is 22.9 Å². The first-order chi connectivity index (χ1) is 18.8. The largest absolute Gasteiger partial charge is 0.477 e. The second-order valence-electron chi connectivity index (χ2n) is 10.8. The van der Waals surface area contributed by atoms with E-state index in [1.54, 1.807) is 25.4 Å². The van der Waals surface area contributed by atoms with E-state index in [1.807, 2.05) is 18.3 Å². The van der Waals surface area contributed by atoms with Gasteiger partial charge in [0.1, 0.15) is 11.4 Å². The molecule has 5 heterocycles. The molecule has 198 valence electrons. The summed E-state index contributed by atoms with van der Waals surface area (Å²) in [6, 6.07) is 10.2. The summed E-state index contributed by atoms with van der Waals surface area (Å²) < 4.78 is 16.2. The number of carbonyl (C=O) groups is 1. The SMILES string of the molecule is CNc1cc(F)cc2c1Cc1ncc(-c3ccc4ccc(C(=O)O)c(=O)n4c3)c(N3CC[C@H]4CN(C)C[C@H]43)c1-2. The number of hydrogen-bond donors (Lipinski definition) is 2. The van der Waals surface area contributed by atoms with Crippen molar-refractivity contribution in [3.05, 3.63) is 81.8 Å². The van der Waals surface area contributed by atoms with Crippen LogP contribution in [0.3, 0.4) is 0 Å². The van der Waals surface area contributed by atoms with E-state index < -0.39 is 11.5 Å². The molecule has 0 amide bonds. The number of carboxylic acid groups (broad SMARTS) is 1. The Balaban J connectivity index is 1.49. The highest BCUT2D eigenvalue weighted by molar-refractivity contribution is 5.97. The predicted octanol–water partition coefficient (Wildman–Crippen LogP) is 3.95. The van der Waals surface area contributed by atoms with Gasteiger partial charge in [-0.25, -0.2) is 9.18 Å². The van der Waals surface area contributed by atoms with Crippen molar-refractivity contribution in [2.24, 2.45) is 5.92 Å². The summed E-state index contributed by atoms with van der Waals surface area (Å²) in [5, 5.41) is 12.6. The fourth-order valence-electron chi connectivity index (χ4n) is 6.87. The lowest BCUT2D eigenvalue weighted by Crippen LogP contribution is -2.35. The number of anilines is 2. The van der Waals surface area contributed by atoms with Crippen LogP contribution in [0.4, 0.5) is 15.8 Å². The van der Waals surface area contributed by atoms with Gasteiger partial charge in [-0.1, -0.05) is 6.07 Å². The van der Waals surface area contributed by atoms with Gasteiger partial charge in [0.05, 0.1) is 11.4 Å². The lowest BCUT2D eigenvalue weighted by atomic mass is 9.97. The van der Waals surface area contributed by atoms with Gasteiger partial charge in [0.2, 0.25) is 0 Å². The van der Waals surface area contributed by atoms with Crippen molar-refractivity contribution in [3.8, 4) is 22.3 Å². The number of carboxylic acids is 1. The number of nitrogens with zero attached hydrogens (tertiary/aromatic N) is 4. The molecule has 3 aliphatic rings. The van der Waals surface area contributed by atoms with Crippen molar-refractivity contribution in [2.45, 2.75) is 18.9 Å². The minimum Gasteiger partial charge on any atom is -0.477 e. The number of nitrogens with one attached hydrogen (secondary N) is 1. The second kappa shape index (κ2) is 8.64. The van der Waals surface area contributed by atoms with Crippen LogP contribution in [0, 0.1) is 11.7 Å². The summed E-state index contributed by atoms with van der Waals surface area (Å²) in [7, 11) is 3.95. The Morgan fingerprint density at radius 2 is 1.97 bits per heavy atom. The molecule has 7 rings (SSSR count). The summed E-state index contributed by atoms with van der Waals surface area (Å²) in [6.07, 6.45) is 5.23. The Bertz CT molecular complexity index is 1750. The van der Waals surface area contributed by atoms with Crippen molar-refractivity contribution in [2.75, 3.05) is 43.9 Å².